The van der Waals surface area contributed by atoms with Crippen molar-refractivity contribution in [3.05, 3.63) is 59.7 Å². The molecule has 5 heteroatoms. The van der Waals surface area contributed by atoms with E-state index in [1.807, 2.05) is 45.0 Å². The predicted molar refractivity (Wildman–Crippen MR) is 108 cm³/mol. The Bertz CT molecular complexity index is 752. The van der Waals surface area contributed by atoms with Crippen LogP contribution in [-0.2, 0) is 4.79 Å². The maximum absolute atomic E-state index is 12.3. The molecule has 2 amide bonds. The predicted octanol–water partition coefficient (Wildman–Crippen LogP) is 4.27. The Kier molecular flexibility index (Phi) is 7.86. The topological polar surface area (TPSA) is 58.6 Å². The van der Waals surface area contributed by atoms with Crippen molar-refractivity contribution in [2.45, 2.75) is 33.6 Å². The second-order valence-corrected chi connectivity index (χ2v) is 6.37. The number of amides is 2. The number of hydrogen-bond acceptors (Lipinski definition) is 3. The highest BCUT2D eigenvalue weighted by molar-refractivity contribution is 5.95. The van der Waals surface area contributed by atoms with Gasteiger partial charge in [-0.05, 0) is 69.2 Å². The number of aryl methyl sites for hydroxylation is 1. The standard InChI is InChI=1S/C22H28N2O3/c1-4-24(5-2)22(26)18-11-13-19(14-12-18)23-21(25)10-7-15-27-20-9-6-8-17(3)16-20/h6,8-9,11-14,16H,4-5,7,10,15H2,1-3H3,(H,23,25). The molecule has 0 aliphatic rings. The highest BCUT2D eigenvalue weighted by Gasteiger charge is 2.12. The molecular weight excluding hydrogens is 340 g/mol. The molecule has 0 saturated carbocycles. The first-order valence-corrected chi connectivity index (χ1v) is 9.42. The molecule has 2 aromatic rings. The Labute approximate surface area is 161 Å². The molecule has 0 heterocycles. The summed E-state index contributed by atoms with van der Waals surface area (Å²) in [5, 5.41) is 2.85. The molecule has 2 aromatic carbocycles. The Balaban J connectivity index is 1.76. The van der Waals surface area contributed by atoms with Gasteiger partial charge in [0, 0.05) is 30.8 Å². The Morgan fingerprint density at radius 3 is 2.37 bits per heavy atom. The van der Waals surface area contributed by atoms with Crippen LogP contribution < -0.4 is 10.1 Å². The normalized spacial score (nSPS) is 10.3. The summed E-state index contributed by atoms with van der Waals surface area (Å²) < 4.78 is 5.65. The lowest BCUT2D eigenvalue weighted by molar-refractivity contribution is -0.116. The fraction of sp³-hybridized carbons (Fsp3) is 0.364. The third-order valence-corrected chi connectivity index (χ3v) is 4.27. The quantitative estimate of drug-likeness (QED) is 0.672. The van der Waals surface area contributed by atoms with Crippen LogP contribution in [0.25, 0.3) is 0 Å². The van der Waals surface area contributed by atoms with Crippen molar-refractivity contribution in [3.8, 4) is 5.75 Å². The van der Waals surface area contributed by atoms with E-state index in [0.29, 0.717) is 43.8 Å². The van der Waals surface area contributed by atoms with Crippen molar-refractivity contribution in [2.24, 2.45) is 0 Å². The van der Waals surface area contributed by atoms with Gasteiger partial charge in [0.05, 0.1) is 6.61 Å². The van der Waals surface area contributed by atoms with Crippen molar-refractivity contribution in [2.75, 3.05) is 25.0 Å². The summed E-state index contributed by atoms with van der Waals surface area (Å²) >= 11 is 0. The first kappa shape index (κ1) is 20.5. The maximum atomic E-state index is 12.3. The highest BCUT2D eigenvalue weighted by Crippen LogP contribution is 2.14. The van der Waals surface area contributed by atoms with E-state index < -0.39 is 0 Å². The molecule has 27 heavy (non-hydrogen) atoms. The summed E-state index contributed by atoms with van der Waals surface area (Å²) in [5.41, 5.74) is 2.46. The molecular formula is C22H28N2O3. The number of anilines is 1. The SMILES string of the molecule is CCN(CC)C(=O)c1ccc(NC(=O)CCCOc2cccc(C)c2)cc1. The first-order valence-electron chi connectivity index (χ1n) is 9.42. The summed E-state index contributed by atoms with van der Waals surface area (Å²) in [7, 11) is 0. The molecule has 0 saturated heterocycles. The third-order valence-electron chi connectivity index (χ3n) is 4.27. The summed E-state index contributed by atoms with van der Waals surface area (Å²) in [6, 6.07) is 14.9. The number of carbonyl (C=O) groups is 2. The molecule has 0 spiro atoms. The van der Waals surface area contributed by atoms with Gasteiger partial charge in [-0.1, -0.05) is 12.1 Å². The minimum absolute atomic E-state index is 0.00572. The molecule has 2 rings (SSSR count). The number of nitrogens with one attached hydrogen (secondary N) is 1. The minimum Gasteiger partial charge on any atom is -0.494 e. The van der Waals surface area contributed by atoms with E-state index in [9.17, 15) is 9.59 Å². The molecule has 0 aromatic heterocycles. The zero-order valence-corrected chi connectivity index (χ0v) is 16.3. The van der Waals surface area contributed by atoms with E-state index in [2.05, 4.69) is 5.32 Å². The van der Waals surface area contributed by atoms with Crippen LogP contribution in [0.4, 0.5) is 5.69 Å². The number of hydrogen-bond donors (Lipinski definition) is 1. The van der Waals surface area contributed by atoms with E-state index in [-0.39, 0.29) is 11.8 Å². The van der Waals surface area contributed by atoms with Crippen LogP contribution in [0.2, 0.25) is 0 Å². The van der Waals surface area contributed by atoms with Crippen molar-refractivity contribution >= 4 is 17.5 Å². The smallest absolute Gasteiger partial charge is 0.253 e. The van der Waals surface area contributed by atoms with Gasteiger partial charge < -0.3 is 15.0 Å². The zero-order valence-electron chi connectivity index (χ0n) is 16.3. The van der Waals surface area contributed by atoms with Gasteiger partial charge in [-0.15, -0.1) is 0 Å². The van der Waals surface area contributed by atoms with E-state index in [0.717, 1.165) is 11.3 Å². The van der Waals surface area contributed by atoms with Crippen molar-refractivity contribution in [1.82, 2.24) is 4.90 Å². The van der Waals surface area contributed by atoms with Crippen LogP contribution in [0, 0.1) is 6.92 Å². The maximum Gasteiger partial charge on any atom is 0.253 e. The van der Waals surface area contributed by atoms with Gasteiger partial charge in [0.15, 0.2) is 0 Å². The second-order valence-electron chi connectivity index (χ2n) is 6.37. The van der Waals surface area contributed by atoms with Gasteiger partial charge >= 0.3 is 0 Å². The van der Waals surface area contributed by atoms with Crippen molar-refractivity contribution in [3.63, 3.8) is 0 Å². The average molecular weight is 368 g/mol. The van der Waals surface area contributed by atoms with Crippen LogP contribution in [0.5, 0.6) is 5.75 Å². The van der Waals surface area contributed by atoms with Crippen LogP contribution in [0.1, 0.15) is 42.6 Å². The monoisotopic (exact) mass is 368 g/mol. The minimum atomic E-state index is -0.0642. The summed E-state index contributed by atoms with van der Waals surface area (Å²) in [6.45, 7) is 7.78. The van der Waals surface area contributed by atoms with Crippen LogP contribution in [-0.4, -0.2) is 36.4 Å². The van der Waals surface area contributed by atoms with Gasteiger partial charge in [-0.2, -0.15) is 0 Å². The van der Waals surface area contributed by atoms with E-state index in [4.69, 9.17) is 4.74 Å². The lowest BCUT2D eigenvalue weighted by atomic mass is 10.1. The molecule has 0 unspecified atom stereocenters. The fourth-order valence-corrected chi connectivity index (χ4v) is 2.74. The van der Waals surface area contributed by atoms with Gasteiger partial charge in [0.25, 0.3) is 5.91 Å². The molecule has 144 valence electrons. The third kappa shape index (κ3) is 6.44. The number of carbonyl (C=O) groups excluding carboxylic acids is 2. The largest absolute Gasteiger partial charge is 0.494 e. The second kappa shape index (κ2) is 10.4. The van der Waals surface area contributed by atoms with E-state index in [1.165, 1.54) is 0 Å². The Morgan fingerprint density at radius 2 is 1.74 bits per heavy atom. The lowest BCUT2D eigenvalue weighted by Gasteiger charge is -2.18. The highest BCUT2D eigenvalue weighted by atomic mass is 16.5. The van der Waals surface area contributed by atoms with Crippen LogP contribution >= 0.6 is 0 Å². The van der Waals surface area contributed by atoms with Gasteiger partial charge in [0.2, 0.25) is 5.91 Å². The fourth-order valence-electron chi connectivity index (χ4n) is 2.74. The molecule has 0 radical (unpaired) electrons. The summed E-state index contributed by atoms with van der Waals surface area (Å²) in [6.07, 6.45) is 1.02. The molecule has 0 aliphatic heterocycles. The molecule has 0 atom stereocenters. The first-order chi connectivity index (χ1) is 13.0. The number of ether oxygens (including phenoxy) is 1. The molecule has 0 bridgehead atoms. The van der Waals surface area contributed by atoms with Crippen LogP contribution in [0.15, 0.2) is 48.5 Å². The number of nitrogens with zero attached hydrogens (tertiary/aromatic N) is 1. The van der Waals surface area contributed by atoms with Crippen molar-refractivity contribution in [1.29, 1.82) is 0 Å². The van der Waals surface area contributed by atoms with Crippen molar-refractivity contribution < 1.29 is 14.3 Å². The number of rotatable bonds is 9. The average Bonchev–Trinajstić information content (AvgIpc) is 2.67. The summed E-state index contributed by atoms with van der Waals surface area (Å²) in [4.78, 5) is 26.1. The van der Waals surface area contributed by atoms with Gasteiger partial charge in [0.1, 0.15) is 5.75 Å². The molecule has 1 N–H and O–H groups in total. The molecule has 5 nitrogen and oxygen atoms in total. The lowest BCUT2D eigenvalue weighted by Crippen LogP contribution is -2.30. The summed E-state index contributed by atoms with van der Waals surface area (Å²) in [5.74, 6) is 0.765. The molecule has 0 fully saturated rings. The Hall–Kier alpha value is -2.82. The van der Waals surface area contributed by atoms with Crippen LogP contribution in [0.3, 0.4) is 0 Å². The molecule has 0 aliphatic carbocycles. The van der Waals surface area contributed by atoms with E-state index in [1.54, 1.807) is 29.2 Å². The Morgan fingerprint density at radius 1 is 1.04 bits per heavy atom. The van der Waals surface area contributed by atoms with Gasteiger partial charge in [-0.25, -0.2) is 0 Å². The zero-order chi connectivity index (χ0) is 19.6. The number of benzene rings is 2. The van der Waals surface area contributed by atoms with Gasteiger partial charge in [-0.3, -0.25) is 9.59 Å². The van der Waals surface area contributed by atoms with E-state index >= 15 is 0 Å².